The van der Waals surface area contributed by atoms with Crippen molar-refractivity contribution >= 4 is 27.8 Å². The van der Waals surface area contributed by atoms with Gasteiger partial charge in [-0.25, -0.2) is 4.98 Å². The topological polar surface area (TPSA) is 97.5 Å². The van der Waals surface area contributed by atoms with Gasteiger partial charge >= 0.3 is 0 Å². The van der Waals surface area contributed by atoms with Gasteiger partial charge < -0.3 is 5.73 Å². The molecule has 2 rings (SSSR count). The molecule has 11 heavy (non-hydrogen) atoms. The van der Waals surface area contributed by atoms with Crippen LogP contribution in [0.4, 0.5) is 5.95 Å². The highest BCUT2D eigenvalue weighted by atomic mass is 32.1. The predicted octanol–water partition coefficient (Wildman–Crippen LogP) is -0.643. The molecule has 0 saturated carbocycles. The molecule has 2 heterocycles. The van der Waals surface area contributed by atoms with Gasteiger partial charge in [0.2, 0.25) is 5.95 Å². The highest BCUT2D eigenvalue weighted by molar-refractivity contribution is 7.12. The SMILES string of the molecule is Nc1nc2snnc2c(=O)[nH]1. The smallest absolute Gasteiger partial charge is 0.281 e. The number of hydrogen-bond donors (Lipinski definition) is 2. The maximum atomic E-state index is 11.0. The third kappa shape index (κ3) is 0.855. The number of nitrogens with one attached hydrogen (secondary N) is 1. The summed E-state index contributed by atoms with van der Waals surface area (Å²) in [6.07, 6.45) is 0. The second-order valence-corrected chi connectivity index (χ2v) is 2.61. The monoisotopic (exact) mass is 169 g/mol. The lowest BCUT2D eigenvalue weighted by Gasteiger charge is -1.87. The number of anilines is 1. The van der Waals surface area contributed by atoms with E-state index in [9.17, 15) is 4.79 Å². The minimum Gasteiger partial charge on any atom is -0.369 e. The Labute approximate surface area is 64.2 Å². The van der Waals surface area contributed by atoms with E-state index in [1.807, 2.05) is 0 Å². The molecule has 0 amide bonds. The summed E-state index contributed by atoms with van der Waals surface area (Å²) in [6.45, 7) is 0. The maximum absolute atomic E-state index is 11.0. The third-order valence-electron chi connectivity index (χ3n) is 1.15. The van der Waals surface area contributed by atoms with Crippen LogP contribution >= 0.6 is 11.5 Å². The van der Waals surface area contributed by atoms with Gasteiger partial charge in [-0.2, -0.15) is 0 Å². The van der Waals surface area contributed by atoms with E-state index in [-0.39, 0.29) is 17.0 Å². The molecular formula is C4H3N5OS. The van der Waals surface area contributed by atoms with Gasteiger partial charge in [0.15, 0.2) is 10.3 Å². The maximum Gasteiger partial charge on any atom is 0.281 e. The lowest BCUT2D eigenvalue weighted by atomic mass is 10.6. The van der Waals surface area contributed by atoms with Gasteiger partial charge in [0.05, 0.1) is 0 Å². The van der Waals surface area contributed by atoms with Gasteiger partial charge in [-0.1, -0.05) is 4.49 Å². The largest absolute Gasteiger partial charge is 0.369 e. The van der Waals surface area contributed by atoms with Gasteiger partial charge in [-0.05, 0) is 0 Å². The van der Waals surface area contributed by atoms with E-state index in [4.69, 9.17) is 5.73 Å². The average molecular weight is 169 g/mol. The normalized spacial score (nSPS) is 10.5. The first-order valence-corrected chi connectivity index (χ1v) is 3.52. The predicted molar refractivity (Wildman–Crippen MR) is 40.2 cm³/mol. The number of nitrogens with two attached hydrogens (primary N) is 1. The summed E-state index contributed by atoms with van der Waals surface area (Å²) in [7, 11) is 0. The minimum atomic E-state index is -0.346. The first-order chi connectivity index (χ1) is 5.27. The van der Waals surface area contributed by atoms with Crippen molar-refractivity contribution in [2.75, 3.05) is 5.73 Å². The van der Waals surface area contributed by atoms with Crippen LogP contribution in [0.3, 0.4) is 0 Å². The Hall–Kier alpha value is -1.50. The molecule has 0 aromatic carbocycles. The van der Waals surface area contributed by atoms with Crippen LogP contribution in [-0.4, -0.2) is 19.6 Å². The molecule has 0 fully saturated rings. The van der Waals surface area contributed by atoms with Gasteiger partial charge in [-0.3, -0.25) is 9.78 Å². The number of rotatable bonds is 0. The lowest BCUT2D eigenvalue weighted by Crippen LogP contribution is -2.10. The van der Waals surface area contributed by atoms with Gasteiger partial charge in [0.25, 0.3) is 5.56 Å². The van der Waals surface area contributed by atoms with E-state index in [0.29, 0.717) is 4.83 Å². The van der Waals surface area contributed by atoms with Crippen molar-refractivity contribution in [3.8, 4) is 0 Å². The number of hydrogen-bond acceptors (Lipinski definition) is 6. The summed E-state index contributed by atoms with van der Waals surface area (Å²) in [5, 5.41) is 3.57. The molecule has 56 valence electrons. The van der Waals surface area contributed by atoms with E-state index in [0.717, 1.165) is 11.5 Å². The molecule has 7 heteroatoms. The zero-order valence-electron chi connectivity index (χ0n) is 5.24. The van der Waals surface area contributed by atoms with Crippen LogP contribution in [0, 0.1) is 0 Å². The Bertz CT molecular complexity index is 445. The van der Waals surface area contributed by atoms with Crippen molar-refractivity contribution in [1.29, 1.82) is 0 Å². The Morgan fingerprint density at radius 1 is 1.55 bits per heavy atom. The van der Waals surface area contributed by atoms with Crippen LogP contribution in [0.15, 0.2) is 4.79 Å². The van der Waals surface area contributed by atoms with Gasteiger partial charge in [0, 0.05) is 11.5 Å². The molecule has 0 aliphatic heterocycles. The number of fused-ring (bicyclic) bond motifs is 1. The number of nitrogens with zero attached hydrogens (tertiary/aromatic N) is 3. The third-order valence-corrected chi connectivity index (χ3v) is 1.77. The highest BCUT2D eigenvalue weighted by Gasteiger charge is 2.04. The highest BCUT2D eigenvalue weighted by Crippen LogP contribution is 2.06. The van der Waals surface area contributed by atoms with E-state index in [1.54, 1.807) is 0 Å². The number of aromatic nitrogens is 4. The Morgan fingerprint density at radius 2 is 2.36 bits per heavy atom. The first kappa shape index (κ1) is 6.23. The van der Waals surface area contributed by atoms with Gasteiger partial charge in [0.1, 0.15) is 0 Å². The Balaban J connectivity index is 3.02. The average Bonchev–Trinajstić information content (AvgIpc) is 2.34. The Kier molecular flexibility index (Phi) is 1.13. The van der Waals surface area contributed by atoms with E-state index >= 15 is 0 Å². The number of aromatic amines is 1. The fourth-order valence-corrected chi connectivity index (χ4v) is 1.27. The molecule has 6 nitrogen and oxygen atoms in total. The van der Waals surface area contributed by atoms with Crippen LogP contribution in [-0.2, 0) is 0 Å². The van der Waals surface area contributed by atoms with E-state index < -0.39 is 0 Å². The van der Waals surface area contributed by atoms with Crippen molar-refractivity contribution in [2.45, 2.75) is 0 Å². The molecule has 2 aromatic rings. The molecule has 0 radical (unpaired) electrons. The molecular weight excluding hydrogens is 166 g/mol. The molecule has 0 aliphatic rings. The van der Waals surface area contributed by atoms with Crippen molar-refractivity contribution in [3.63, 3.8) is 0 Å². The van der Waals surface area contributed by atoms with E-state index in [1.165, 1.54) is 0 Å². The lowest BCUT2D eigenvalue weighted by molar-refractivity contribution is 1.14. The fraction of sp³-hybridized carbons (Fsp3) is 0. The summed E-state index contributed by atoms with van der Waals surface area (Å²) in [6, 6.07) is 0. The van der Waals surface area contributed by atoms with Crippen LogP contribution in [0.5, 0.6) is 0 Å². The summed E-state index contributed by atoms with van der Waals surface area (Å²) in [5.41, 5.74) is 5.16. The van der Waals surface area contributed by atoms with Crippen LogP contribution < -0.4 is 11.3 Å². The van der Waals surface area contributed by atoms with Crippen molar-refractivity contribution in [1.82, 2.24) is 19.6 Å². The van der Waals surface area contributed by atoms with Crippen molar-refractivity contribution < 1.29 is 0 Å². The molecule has 0 saturated heterocycles. The molecule has 0 spiro atoms. The summed E-state index contributed by atoms with van der Waals surface area (Å²) in [5.74, 6) is 0.0913. The van der Waals surface area contributed by atoms with Gasteiger partial charge in [-0.15, -0.1) is 5.10 Å². The second-order valence-electron chi connectivity index (χ2n) is 1.88. The van der Waals surface area contributed by atoms with Crippen LogP contribution in [0.1, 0.15) is 0 Å². The summed E-state index contributed by atoms with van der Waals surface area (Å²) >= 11 is 1.04. The zero-order valence-corrected chi connectivity index (χ0v) is 6.05. The zero-order chi connectivity index (χ0) is 7.84. The Morgan fingerprint density at radius 3 is 3.18 bits per heavy atom. The van der Waals surface area contributed by atoms with E-state index in [2.05, 4.69) is 19.6 Å². The molecule has 3 N–H and O–H groups in total. The number of nitrogen functional groups attached to an aromatic ring is 1. The quantitative estimate of drug-likeness (QED) is 0.546. The van der Waals surface area contributed by atoms with Crippen molar-refractivity contribution in [2.24, 2.45) is 0 Å². The minimum absolute atomic E-state index is 0.0913. The molecule has 2 aromatic heterocycles. The summed E-state index contributed by atoms with van der Waals surface area (Å²) in [4.78, 5) is 17.6. The van der Waals surface area contributed by atoms with Crippen LogP contribution in [0.2, 0.25) is 0 Å². The first-order valence-electron chi connectivity index (χ1n) is 2.75. The fourth-order valence-electron chi connectivity index (χ4n) is 0.715. The van der Waals surface area contributed by atoms with Crippen molar-refractivity contribution in [3.05, 3.63) is 10.4 Å². The standard InChI is InChI=1S/C4H3N5OS/c5-4-6-2(10)1-3(7-4)11-9-8-1/h(H3,5,6,7,10). The molecule has 0 bridgehead atoms. The number of H-pyrrole nitrogens is 1. The molecule has 0 atom stereocenters. The molecule has 0 unspecified atom stereocenters. The second kappa shape index (κ2) is 1.99. The summed E-state index contributed by atoms with van der Waals surface area (Å²) < 4.78 is 3.56. The molecule has 0 aliphatic carbocycles. The van der Waals surface area contributed by atoms with Crippen LogP contribution in [0.25, 0.3) is 10.3 Å².